The highest BCUT2D eigenvalue weighted by molar-refractivity contribution is 5.93. The molecule has 0 aliphatic rings. The second-order valence-corrected chi connectivity index (χ2v) is 4.32. The fourth-order valence-corrected chi connectivity index (χ4v) is 1.70. The molecule has 2 aromatic rings. The minimum absolute atomic E-state index is 0.181. The van der Waals surface area contributed by atoms with Crippen LogP contribution in [0.15, 0.2) is 36.8 Å². The van der Waals surface area contributed by atoms with Gasteiger partial charge in [0.15, 0.2) is 5.82 Å². The summed E-state index contributed by atoms with van der Waals surface area (Å²) >= 11 is 0. The summed E-state index contributed by atoms with van der Waals surface area (Å²) in [7, 11) is 0. The molecule has 0 fully saturated rings. The molecular weight excluding hydrogens is 268 g/mol. The van der Waals surface area contributed by atoms with Crippen molar-refractivity contribution >= 4 is 5.91 Å². The van der Waals surface area contributed by atoms with Crippen molar-refractivity contribution in [2.24, 2.45) is 0 Å². The summed E-state index contributed by atoms with van der Waals surface area (Å²) in [5.74, 6) is 0.322. The Balaban J connectivity index is 1.88. The fourth-order valence-electron chi connectivity index (χ4n) is 1.70. The van der Waals surface area contributed by atoms with Crippen molar-refractivity contribution < 1.29 is 9.53 Å². The van der Waals surface area contributed by atoms with E-state index in [0.29, 0.717) is 36.8 Å². The first-order valence-electron chi connectivity index (χ1n) is 6.90. The summed E-state index contributed by atoms with van der Waals surface area (Å²) in [5.41, 5.74) is 1.12. The van der Waals surface area contributed by atoms with Gasteiger partial charge in [0.25, 0.3) is 5.91 Å². The number of carbonyl (C=O) groups excluding carboxylic acids is 1. The first-order chi connectivity index (χ1) is 10.3. The van der Waals surface area contributed by atoms with E-state index in [-0.39, 0.29) is 5.91 Å². The largest absolute Gasteiger partial charge is 0.382 e. The maximum atomic E-state index is 11.9. The fraction of sp³-hybridized carbons (Fsp3) is 0.333. The van der Waals surface area contributed by atoms with E-state index < -0.39 is 0 Å². The van der Waals surface area contributed by atoms with Crippen molar-refractivity contribution in [3.8, 4) is 11.5 Å². The van der Waals surface area contributed by atoms with Gasteiger partial charge in [-0.2, -0.15) is 0 Å². The molecule has 0 aromatic carbocycles. The zero-order valence-electron chi connectivity index (χ0n) is 12.0. The Labute approximate surface area is 123 Å². The Hall–Kier alpha value is -2.34. The van der Waals surface area contributed by atoms with Crippen LogP contribution in [0, 0.1) is 0 Å². The van der Waals surface area contributed by atoms with Gasteiger partial charge >= 0.3 is 0 Å². The van der Waals surface area contributed by atoms with Crippen molar-refractivity contribution in [1.82, 2.24) is 20.3 Å². The van der Waals surface area contributed by atoms with E-state index in [1.807, 2.05) is 25.1 Å². The monoisotopic (exact) mass is 286 g/mol. The minimum atomic E-state index is -0.181. The van der Waals surface area contributed by atoms with Gasteiger partial charge in [-0.05, 0) is 25.5 Å². The number of aromatic nitrogens is 3. The molecule has 110 valence electrons. The number of nitrogens with zero attached hydrogens (tertiary/aromatic N) is 3. The predicted molar refractivity (Wildman–Crippen MR) is 78.7 cm³/mol. The summed E-state index contributed by atoms with van der Waals surface area (Å²) in [6, 6.07) is 5.51. The van der Waals surface area contributed by atoms with Gasteiger partial charge in [-0.25, -0.2) is 9.97 Å². The molecule has 2 heterocycles. The third-order valence-electron chi connectivity index (χ3n) is 2.76. The average molecular weight is 286 g/mol. The zero-order valence-corrected chi connectivity index (χ0v) is 12.0. The zero-order chi connectivity index (χ0) is 14.9. The van der Waals surface area contributed by atoms with E-state index >= 15 is 0 Å². The molecule has 0 atom stereocenters. The Morgan fingerprint density at radius 3 is 2.71 bits per heavy atom. The minimum Gasteiger partial charge on any atom is -0.382 e. The molecule has 0 saturated heterocycles. The lowest BCUT2D eigenvalue weighted by Crippen LogP contribution is -2.25. The summed E-state index contributed by atoms with van der Waals surface area (Å²) in [6.45, 7) is 3.85. The number of ether oxygens (including phenoxy) is 1. The molecule has 6 heteroatoms. The lowest BCUT2D eigenvalue weighted by Gasteiger charge is -2.05. The van der Waals surface area contributed by atoms with Gasteiger partial charge < -0.3 is 10.1 Å². The van der Waals surface area contributed by atoms with Crippen molar-refractivity contribution in [2.75, 3.05) is 19.8 Å². The molecule has 21 heavy (non-hydrogen) atoms. The number of rotatable bonds is 7. The van der Waals surface area contributed by atoms with E-state index in [1.54, 1.807) is 6.20 Å². The van der Waals surface area contributed by atoms with Crippen molar-refractivity contribution in [3.63, 3.8) is 0 Å². The van der Waals surface area contributed by atoms with Crippen molar-refractivity contribution in [3.05, 3.63) is 42.4 Å². The van der Waals surface area contributed by atoms with Gasteiger partial charge in [-0.15, -0.1) is 0 Å². The van der Waals surface area contributed by atoms with Crippen LogP contribution in [-0.2, 0) is 4.74 Å². The average Bonchev–Trinajstić information content (AvgIpc) is 2.55. The SMILES string of the molecule is CCOCCCNC(=O)c1cnc(-c2ccccn2)nc1. The Kier molecular flexibility index (Phi) is 5.78. The van der Waals surface area contributed by atoms with Gasteiger partial charge in [-0.3, -0.25) is 9.78 Å². The molecule has 0 aliphatic carbocycles. The van der Waals surface area contributed by atoms with Crippen LogP contribution >= 0.6 is 0 Å². The Morgan fingerprint density at radius 2 is 2.05 bits per heavy atom. The van der Waals surface area contributed by atoms with E-state index in [4.69, 9.17) is 4.74 Å². The number of amides is 1. The second kappa shape index (κ2) is 8.06. The standard InChI is InChI=1S/C15H18N4O2/c1-2-21-9-5-8-17-15(20)12-10-18-14(19-11-12)13-6-3-4-7-16-13/h3-4,6-7,10-11H,2,5,8-9H2,1H3,(H,17,20). The van der Waals surface area contributed by atoms with Crippen molar-refractivity contribution in [1.29, 1.82) is 0 Å². The van der Waals surface area contributed by atoms with Crippen LogP contribution in [0.1, 0.15) is 23.7 Å². The maximum Gasteiger partial charge on any atom is 0.254 e. The molecule has 1 amide bonds. The first kappa shape index (κ1) is 15.1. The van der Waals surface area contributed by atoms with E-state index in [9.17, 15) is 4.79 Å². The van der Waals surface area contributed by atoms with Crippen molar-refractivity contribution in [2.45, 2.75) is 13.3 Å². The van der Waals surface area contributed by atoms with Crippen LogP contribution in [0.5, 0.6) is 0 Å². The third-order valence-corrected chi connectivity index (χ3v) is 2.76. The molecule has 0 spiro atoms. The highest BCUT2D eigenvalue weighted by Gasteiger charge is 2.07. The lowest BCUT2D eigenvalue weighted by molar-refractivity contribution is 0.0943. The molecule has 1 N–H and O–H groups in total. The van der Waals surface area contributed by atoms with E-state index in [1.165, 1.54) is 12.4 Å². The Morgan fingerprint density at radius 1 is 1.24 bits per heavy atom. The lowest BCUT2D eigenvalue weighted by atomic mass is 10.3. The first-order valence-corrected chi connectivity index (χ1v) is 6.90. The molecule has 0 saturated carbocycles. The predicted octanol–water partition coefficient (Wildman–Crippen LogP) is 1.70. The second-order valence-electron chi connectivity index (χ2n) is 4.32. The summed E-state index contributed by atoms with van der Waals surface area (Å²) < 4.78 is 5.20. The van der Waals surface area contributed by atoms with Gasteiger partial charge in [0.1, 0.15) is 5.69 Å². The molecule has 0 unspecified atom stereocenters. The van der Waals surface area contributed by atoms with Gasteiger partial charge in [0.2, 0.25) is 0 Å². The molecular formula is C15H18N4O2. The number of hydrogen-bond donors (Lipinski definition) is 1. The molecule has 2 rings (SSSR count). The van der Waals surface area contributed by atoms with Gasteiger partial charge in [-0.1, -0.05) is 6.07 Å². The quantitative estimate of drug-likeness (QED) is 0.784. The molecule has 0 bridgehead atoms. The number of nitrogens with one attached hydrogen (secondary N) is 1. The normalized spacial score (nSPS) is 10.3. The summed E-state index contributed by atoms with van der Waals surface area (Å²) in [6.07, 6.45) is 5.48. The summed E-state index contributed by atoms with van der Waals surface area (Å²) in [5, 5.41) is 2.80. The number of hydrogen-bond acceptors (Lipinski definition) is 5. The number of pyridine rings is 1. The smallest absolute Gasteiger partial charge is 0.254 e. The van der Waals surface area contributed by atoms with Gasteiger partial charge in [0.05, 0.1) is 5.56 Å². The molecule has 6 nitrogen and oxygen atoms in total. The summed E-state index contributed by atoms with van der Waals surface area (Å²) in [4.78, 5) is 24.4. The highest BCUT2D eigenvalue weighted by Crippen LogP contribution is 2.09. The van der Waals surface area contributed by atoms with Crippen LogP contribution < -0.4 is 5.32 Å². The molecule has 0 radical (unpaired) electrons. The molecule has 0 aliphatic heterocycles. The van der Waals surface area contributed by atoms with Crippen LogP contribution in [-0.4, -0.2) is 40.6 Å². The Bertz CT molecular complexity index is 558. The maximum absolute atomic E-state index is 11.9. The van der Waals surface area contributed by atoms with E-state index in [0.717, 1.165) is 6.42 Å². The van der Waals surface area contributed by atoms with Crippen LogP contribution in [0.4, 0.5) is 0 Å². The van der Waals surface area contributed by atoms with E-state index in [2.05, 4.69) is 20.3 Å². The van der Waals surface area contributed by atoms with Crippen LogP contribution in [0.2, 0.25) is 0 Å². The topological polar surface area (TPSA) is 77.0 Å². The highest BCUT2D eigenvalue weighted by atomic mass is 16.5. The van der Waals surface area contributed by atoms with Crippen LogP contribution in [0.3, 0.4) is 0 Å². The number of carbonyl (C=O) groups is 1. The third kappa shape index (κ3) is 4.61. The molecule has 2 aromatic heterocycles. The van der Waals surface area contributed by atoms with Crippen LogP contribution in [0.25, 0.3) is 11.5 Å². The van der Waals surface area contributed by atoms with Gasteiger partial charge in [0, 0.05) is 38.3 Å².